The first-order chi connectivity index (χ1) is 8.70. The van der Waals surface area contributed by atoms with Crippen LogP contribution < -0.4 is 10.9 Å². The molecule has 1 aromatic carbocycles. The van der Waals surface area contributed by atoms with Gasteiger partial charge in [0.15, 0.2) is 5.82 Å². The molecule has 0 aliphatic carbocycles. The molecule has 0 atom stereocenters. The number of benzene rings is 1. The summed E-state index contributed by atoms with van der Waals surface area (Å²) in [5.74, 6) is 0.929. The molecule has 0 saturated heterocycles. The monoisotopic (exact) mass is 263 g/mol. The van der Waals surface area contributed by atoms with Gasteiger partial charge < -0.3 is 9.88 Å². The summed E-state index contributed by atoms with van der Waals surface area (Å²) in [4.78, 5) is 15.8. The lowest BCUT2D eigenvalue weighted by atomic mass is 10.1. The zero-order chi connectivity index (χ0) is 13.0. The quantitative estimate of drug-likeness (QED) is 0.861. The van der Waals surface area contributed by atoms with Gasteiger partial charge in [0.2, 0.25) is 0 Å². The summed E-state index contributed by atoms with van der Waals surface area (Å²) in [6.45, 7) is 0. The molecule has 0 radical (unpaired) electrons. The molecule has 1 heterocycles. The summed E-state index contributed by atoms with van der Waals surface area (Å²) < 4.78 is 1.48. The van der Waals surface area contributed by atoms with Crippen LogP contribution in [0.5, 0.6) is 0 Å². The van der Waals surface area contributed by atoms with Crippen molar-refractivity contribution in [3.8, 4) is 0 Å². The Morgan fingerprint density at radius 1 is 1.33 bits per heavy atom. The predicted octanol–water partition coefficient (Wildman–Crippen LogP) is 2.31. The second-order valence-corrected chi connectivity index (χ2v) is 4.33. The van der Waals surface area contributed by atoms with Gasteiger partial charge in [-0.3, -0.25) is 4.79 Å². The molecule has 1 aromatic heterocycles. The Kier molecular flexibility index (Phi) is 3.99. The van der Waals surface area contributed by atoms with E-state index in [0.717, 1.165) is 12.1 Å². The van der Waals surface area contributed by atoms with Gasteiger partial charge in [0, 0.05) is 31.0 Å². The molecule has 0 aliphatic rings. The summed E-state index contributed by atoms with van der Waals surface area (Å²) in [5, 5.41) is 3.00. The Morgan fingerprint density at radius 3 is 2.72 bits per heavy atom. The third-order valence-corrected chi connectivity index (χ3v) is 2.81. The van der Waals surface area contributed by atoms with E-state index < -0.39 is 0 Å². The summed E-state index contributed by atoms with van der Waals surface area (Å²) in [5.41, 5.74) is 1.86. The zero-order valence-corrected chi connectivity index (χ0v) is 10.8. The van der Waals surface area contributed by atoms with Gasteiger partial charge in [0.1, 0.15) is 0 Å². The predicted molar refractivity (Wildman–Crippen MR) is 73.6 cm³/mol. The number of nitrogens with one attached hydrogen (secondary N) is 1. The molecule has 0 aliphatic heterocycles. The Morgan fingerprint density at radius 2 is 2.06 bits per heavy atom. The van der Waals surface area contributed by atoms with Crippen LogP contribution in [-0.2, 0) is 13.5 Å². The Balaban J connectivity index is 2.18. The molecule has 94 valence electrons. The lowest BCUT2D eigenvalue weighted by Gasteiger charge is -2.06. The molecular weight excluding hydrogens is 250 g/mol. The Labute approximate surface area is 110 Å². The van der Waals surface area contributed by atoms with Crippen molar-refractivity contribution in [1.29, 1.82) is 0 Å². The van der Waals surface area contributed by atoms with Crippen LogP contribution in [0.1, 0.15) is 5.56 Å². The maximum atomic E-state index is 11.8. The maximum Gasteiger partial charge on any atom is 0.293 e. The molecule has 0 spiro atoms. The number of anilines is 2. The summed E-state index contributed by atoms with van der Waals surface area (Å²) in [6, 6.07) is 7.79. The van der Waals surface area contributed by atoms with Crippen molar-refractivity contribution in [2.45, 2.75) is 6.42 Å². The number of hydrogen-bond acceptors (Lipinski definition) is 3. The lowest BCUT2D eigenvalue weighted by Crippen LogP contribution is -2.20. The van der Waals surface area contributed by atoms with Crippen LogP contribution in [-0.4, -0.2) is 15.4 Å². The van der Waals surface area contributed by atoms with Crippen molar-refractivity contribution in [1.82, 2.24) is 9.55 Å². The molecule has 0 saturated carbocycles. The topological polar surface area (TPSA) is 46.9 Å². The minimum Gasteiger partial charge on any atom is -0.336 e. The number of halogens is 1. The van der Waals surface area contributed by atoms with Gasteiger partial charge in [0.25, 0.3) is 5.56 Å². The number of alkyl halides is 1. The fraction of sp³-hybridized carbons (Fsp3) is 0.231. The van der Waals surface area contributed by atoms with E-state index in [1.165, 1.54) is 10.1 Å². The number of aryl methyl sites for hydroxylation is 2. The van der Waals surface area contributed by atoms with Crippen molar-refractivity contribution in [3.05, 3.63) is 52.6 Å². The average Bonchev–Trinajstić information content (AvgIpc) is 2.38. The first-order valence-electron chi connectivity index (χ1n) is 5.64. The average molecular weight is 264 g/mol. The van der Waals surface area contributed by atoms with E-state index >= 15 is 0 Å². The molecule has 2 rings (SSSR count). The third-order valence-electron chi connectivity index (χ3n) is 2.62. The van der Waals surface area contributed by atoms with E-state index in [1.807, 2.05) is 24.3 Å². The van der Waals surface area contributed by atoms with Crippen LogP contribution in [0, 0.1) is 0 Å². The van der Waals surface area contributed by atoms with E-state index in [4.69, 9.17) is 11.6 Å². The molecule has 0 amide bonds. The van der Waals surface area contributed by atoms with Crippen molar-refractivity contribution in [2.24, 2.45) is 7.05 Å². The van der Waals surface area contributed by atoms with E-state index in [0.29, 0.717) is 11.7 Å². The first-order valence-corrected chi connectivity index (χ1v) is 6.17. The minimum atomic E-state index is -0.151. The van der Waals surface area contributed by atoms with E-state index in [9.17, 15) is 4.79 Å². The summed E-state index contributed by atoms with van der Waals surface area (Å²) in [6.07, 6.45) is 4.05. The van der Waals surface area contributed by atoms with Crippen LogP contribution in [0.3, 0.4) is 0 Å². The molecule has 1 N–H and O–H groups in total. The van der Waals surface area contributed by atoms with Gasteiger partial charge in [0.05, 0.1) is 0 Å². The smallest absolute Gasteiger partial charge is 0.293 e. The summed E-state index contributed by atoms with van der Waals surface area (Å²) >= 11 is 5.67. The van der Waals surface area contributed by atoms with Gasteiger partial charge in [-0.2, -0.15) is 0 Å². The highest BCUT2D eigenvalue weighted by Gasteiger charge is 2.02. The fourth-order valence-corrected chi connectivity index (χ4v) is 1.80. The van der Waals surface area contributed by atoms with Gasteiger partial charge >= 0.3 is 0 Å². The van der Waals surface area contributed by atoms with Crippen molar-refractivity contribution < 1.29 is 0 Å². The van der Waals surface area contributed by atoms with E-state index in [-0.39, 0.29) is 5.56 Å². The highest BCUT2D eigenvalue weighted by molar-refractivity contribution is 6.17. The third kappa shape index (κ3) is 2.90. The highest BCUT2D eigenvalue weighted by atomic mass is 35.5. The van der Waals surface area contributed by atoms with Crippen molar-refractivity contribution in [2.75, 3.05) is 11.2 Å². The molecule has 0 fully saturated rings. The van der Waals surface area contributed by atoms with Crippen LogP contribution in [0.25, 0.3) is 0 Å². The van der Waals surface area contributed by atoms with Gasteiger partial charge in [-0.25, -0.2) is 4.98 Å². The standard InChI is InChI=1S/C13H14ClN3O/c1-17-9-8-15-12(13(17)18)16-11-4-2-10(3-5-11)6-7-14/h2-5,8-9H,6-7H2,1H3,(H,15,16). The van der Waals surface area contributed by atoms with Gasteiger partial charge in [-0.05, 0) is 24.1 Å². The normalized spacial score (nSPS) is 10.3. The highest BCUT2D eigenvalue weighted by Crippen LogP contribution is 2.13. The van der Waals surface area contributed by atoms with Crippen molar-refractivity contribution >= 4 is 23.1 Å². The fourth-order valence-electron chi connectivity index (χ4n) is 1.58. The second kappa shape index (κ2) is 5.69. The second-order valence-electron chi connectivity index (χ2n) is 3.95. The Bertz CT molecular complexity index is 578. The minimum absolute atomic E-state index is 0.151. The molecule has 18 heavy (non-hydrogen) atoms. The summed E-state index contributed by atoms with van der Waals surface area (Å²) in [7, 11) is 1.69. The van der Waals surface area contributed by atoms with E-state index in [2.05, 4.69) is 10.3 Å². The molecule has 4 nitrogen and oxygen atoms in total. The molecule has 5 heteroatoms. The lowest BCUT2D eigenvalue weighted by molar-refractivity contribution is 0.845. The zero-order valence-electron chi connectivity index (χ0n) is 10.1. The number of nitrogens with zero attached hydrogens (tertiary/aromatic N) is 2. The number of aromatic nitrogens is 2. The maximum absolute atomic E-state index is 11.8. The Hall–Kier alpha value is -1.81. The molecular formula is C13H14ClN3O. The van der Waals surface area contributed by atoms with Crippen LogP contribution in [0.15, 0.2) is 41.5 Å². The van der Waals surface area contributed by atoms with Crippen LogP contribution >= 0.6 is 11.6 Å². The van der Waals surface area contributed by atoms with Crippen LogP contribution in [0.4, 0.5) is 11.5 Å². The molecule has 0 bridgehead atoms. The van der Waals surface area contributed by atoms with Crippen LogP contribution in [0.2, 0.25) is 0 Å². The first kappa shape index (κ1) is 12.6. The largest absolute Gasteiger partial charge is 0.336 e. The molecule has 0 unspecified atom stereocenters. The molecule has 2 aromatic rings. The van der Waals surface area contributed by atoms with E-state index in [1.54, 1.807) is 19.4 Å². The number of hydrogen-bond donors (Lipinski definition) is 1. The van der Waals surface area contributed by atoms with Gasteiger partial charge in [-0.15, -0.1) is 11.6 Å². The van der Waals surface area contributed by atoms with Gasteiger partial charge in [-0.1, -0.05) is 12.1 Å². The number of rotatable bonds is 4. The SMILES string of the molecule is Cn1ccnc(Nc2ccc(CCCl)cc2)c1=O. The van der Waals surface area contributed by atoms with Crippen molar-refractivity contribution in [3.63, 3.8) is 0 Å².